The molecule has 1 aliphatic heterocycles. The molecule has 0 radical (unpaired) electrons. The number of carbonyl (C=O) groups excluding carboxylic acids is 2. The zero-order valence-electron chi connectivity index (χ0n) is 15.5. The molecule has 0 aliphatic carbocycles. The third-order valence-electron chi connectivity index (χ3n) is 4.65. The summed E-state index contributed by atoms with van der Waals surface area (Å²) in [6.07, 6.45) is -2.95. The number of aliphatic hydroxyl groups excluding tert-OH is 1. The van der Waals surface area contributed by atoms with Crippen LogP contribution in [0.3, 0.4) is 0 Å². The highest BCUT2D eigenvalue weighted by Gasteiger charge is 2.54. The minimum Gasteiger partial charge on any atom is -0.478 e. The quantitative estimate of drug-likeness (QED) is 0.613. The van der Waals surface area contributed by atoms with Crippen LogP contribution in [0.1, 0.15) is 49.1 Å². The zero-order chi connectivity index (χ0) is 20.0. The molecule has 3 atom stereocenters. The molecular formula is C18H22O8. The Morgan fingerprint density at radius 2 is 1.62 bits per heavy atom. The first-order chi connectivity index (χ1) is 11.9. The van der Waals surface area contributed by atoms with Crippen LogP contribution in [-0.2, 0) is 19.1 Å². The largest absolute Gasteiger partial charge is 0.478 e. The molecule has 1 heterocycles. The lowest BCUT2D eigenvalue weighted by Gasteiger charge is -2.42. The van der Waals surface area contributed by atoms with Gasteiger partial charge in [0.05, 0.1) is 0 Å². The Kier molecular flexibility index (Phi) is 5.01. The van der Waals surface area contributed by atoms with E-state index < -0.39 is 35.7 Å². The van der Waals surface area contributed by atoms with Crippen molar-refractivity contribution in [2.24, 2.45) is 0 Å². The van der Waals surface area contributed by atoms with Crippen LogP contribution in [0, 0.1) is 20.8 Å². The number of aliphatic hydroxyl groups is 1. The molecule has 142 valence electrons. The van der Waals surface area contributed by atoms with E-state index in [4.69, 9.17) is 14.2 Å². The number of hydrogen-bond donors (Lipinski definition) is 2. The second kappa shape index (κ2) is 6.60. The molecule has 8 nitrogen and oxygen atoms in total. The highest BCUT2D eigenvalue weighted by molar-refractivity contribution is 5.80. The first-order valence-corrected chi connectivity index (χ1v) is 8.01. The summed E-state index contributed by atoms with van der Waals surface area (Å²) >= 11 is 0. The molecular weight excluding hydrogens is 344 g/mol. The van der Waals surface area contributed by atoms with Gasteiger partial charge in [-0.2, -0.15) is 0 Å². The number of hydrogen-bond acceptors (Lipinski definition) is 7. The average Bonchev–Trinajstić information content (AvgIpc) is 2.52. The number of carboxylic acid groups (broad SMARTS) is 1. The van der Waals surface area contributed by atoms with E-state index in [1.165, 1.54) is 13.8 Å². The summed E-state index contributed by atoms with van der Waals surface area (Å²) in [5, 5.41) is 20.2. The van der Waals surface area contributed by atoms with E-state index in [9.17, 15) is 24.6 Å². The van der Waals surface area contributed by atoms with E-state index in [1.54, 1.807) is 20.8 Å². The maximum absolute atomic E-state index is 11.7. The molecule has 1 aromatic carbocycles. The predicted molar refractivity (Wildman–Crippen MR) is 89.1 cm³/mol. The summed E-state index contributed by atoms with van der Waals surface area (Å²) in [6.45, 7) is 8.62. The van der Waals surface area contributed by atoms with Crippen molar-refractivity contribution in [2.75, 3.05) is 0 Å². The van der Waals surface area contributed by atoms with Gasteiger partial charge in [0, 0.05) is 25.0 Å². The number of benzene rings is 1. The average molecular weight is 366 g/mol. The van der Waals surface area contributed by atoms with Gasteiger partial charge >= 0.3 is 17.9 Å². The summed E-state index contributed by atoms with van der Waals surface area (Å²) in [7, 11) is 0. The molecule has 0 saturated carbocycles. The molecule has 2 N–H and O–H groups in total. The maximum atomic E-state index is 11.7. The third kappa shape index (κ3) is 3.01. The van der Waals surface area contributed by atoms with Crippen LogP contribution in [0.5, 0.6) is 11.5 Å². The molecule has 8 heteroatoms. The molecule has 0 unspecified atom stereocenters. The number of esters is 2. The van der Waals surface area contributed by atoms with Gasteiger partial charge in [-0.25, -0.2) is 4.79 Å². The van der Waals surface area contributed by atoms with E-state index in [2.05, 4.69) is 0 Å². The fourth-order valence-electron chi connectivity index (χ4n) is 3.08. The van der Waals surface area contributed by atoms with Crippen molar-refractivity contribution < 1.29 is 38.8 Å². The summed E-state index contributed by atoms with van der Waals surface area (Å²) in [4.78, 5) is 34.7. The maximum Gasteiger partial charge on any atom is 0.350 e. The lowest BCUT2D eigenvalue weighted by atomic mass is 9.82. The lowest BCUT2D eigenvalue weighted by Crippen LogP contribution is -2.57. The fraction of sp³-hybridized carbons (Fsp3) is 0.500. The molecule has 26 heavy (non-hydrogen) atoms. The van der Waals surface area contributed by atoms with Gasteiger partial charge in [0.15, 0.2) is 6.10 Å². The second-order valence-corrected chi connectivity index (χ2v) is 6.53. The zero-order valence-corrected chi connectivity index (χ0v) is 15.5. The fourth-order valence-corrected chi connectivity index (χ4v) is 3.08. The van der Waals surface area contributed by atoms with E-state index >= 15 is 0 Å². The van der Waals surface area contributed by atoms with Gasteiger partial charge in [-0.05, 0) is 38.8 Å². The first-order valence-electron chi connectivity index (χ1n) is 8.01. The molecule has 1 aromatic rings. The van der Waals surface area contributed by atoms with Crippen LogP contribution in [-0.4, -0.2) is 39.8 Å². The van der Waals surface area contributed by atoms with Crippen LogP contribution in [0.4, 0.5) is 0 Å². The monoisotopic (exact) mass is 366 g/mol. The molecule has 0 fully saturated rings. The van der Waals surface area contributed by atoms with Crippen molar-refractivity contribution in [3.63, 3.8) is 0 Å². The smallest absolute Gasteiger partial charge is 0.350 e. The van der Waals surface area contributed by atoms with Crippen LogP contribution in [0.25, 0.3) is 0 Å². The summed E-state index contributed by atoms with van der Waals surface area (Å²) in [6, 6.07) is 0. The number of carboxylic acids is 1. The van der Waals surface area contributed by atoms with Gasteiger partial charge in [-0.1, -0.05) is 0 Å². The molecule has 0 spiro atoms. The Bertz CT molecular complexity index is 797. The van der Waals surface area contributed by atoms with Crippen molar-refractivity contribution >= 4 is 17.9 Å². The normalized spacial score (nSPS) is 24.3. The topological polar surface area (TPSA) is 119 Å². The Morgan fingerprint density at radius 1 is 1.04 bits per heavy atom. The van der Waals surface area contributed by atoms with Gasteiger partial charge in [-0.3, -0.25) is 9.59 Å². The molecule has 0 bridgehead atoms. The highest BCUT2D eigenvalue weighted by atomic mass is 16.6. The summed E-state index contributed by atoms with van der Waals surface area (Å²) in [5.74, 6) is -2.17. The van der Waals surface area contributed by atoms with E-state index in [0.29, 0.717) is 16.7 Å². The van der Waals surface area contributed by atoms with Crippen LogP contribution in [0.2, 0.25) is 0 Å². The molecule has 2 rings (SSSR count). The summed E-state index contributed by atoms with van der Waals surface area (Å²) in [5.41, 5.74) is -0.193. The molecule has 1 aliphatic rings. The van der Waals surface area contributed by atoms with Crippen molar-refractivity contribution in [3.05, 3.63) is 22.3 Å². The number of fused-ring (bicyclic) bond motifs is 1. The Balaban J connectivity index is 2.82. The first kappa shape index (κ1) is 19.7. The molecule has 0 amide bonds. The Hall–Kier alpha value is -2.61. The minimum atomic E-state index is -2.01. The van der Waals surface area contributed by atoms with Crippen molar-refractivity contribution in [2.45, 2.75) is 59.4 Å². The second-order valence-electron chi connectivity index (χ2n) is 6.53. The van der Waals surface area contributed by atoms with Crippen LogP contribution in [0.15, 0.2) is 0 Å². The van der Waals surface area contributed by atoms with Gasteiger partial charge in [-0.15, -0.1) is 0 Å². The van der Waals surface area contributed by atoms with Crippen LogP contribution >= 0.6 is 0 Å². The number of ether oxygens (including phenoxy) is 3. The van der Waals surface area contributed by atoms with Gasteiger partial charge in [0.25, 0.3) is 0 Å². The third-order valence-corrected chi connectivity index (χ3v) is 4.65. The predicted octanol–water partition coefficient (Wildman–Crippen LogP) is 1.74. The Labute approximate surface area is 150 Å². The van der Waals surface area contributed by atoms with Gasteiger partial charge in [0.2, 0.25) is 5.60 Å². The van der Waals surface area contributed by atoms with E-state index in [0.717, 1.165) is 6.92 Å². The lowest BCUT2D eigenvalue weighted by molar-refractivity contribution is -0.188. The molecule has 0 aromatic heterocycles. The van der Waals surface area contributed by atoms with Crippen molar-refractivity contribution in [1.82, 2.24) is 0 Å². The van der Waals surface area contributed by atoms with Crippen molar-refractivity contribution in [1.29, 1.82) is 0 Å². The van der Waals surface area contributed by atoms with Gasteiger partial charge < -0.3 is 24.4 Å². The van der Waals surface area contributed by atoms with E-state index in [1.807, 2.05) is 0 Å². The SMILES string of the molecule is CC(=O)Oc1c(C)c(C)c2c(c1C)[C@@H](OC(C)=O)[C@@H](O)[C@](C)(C(=O)O)O2. The summed E-state index contributed by atoms with van der Waals surface area (Å²) < 4.78 is 16.2. The minimum absolute atomic E-state index is 0.192. The highest BCUT2D eigenvalue weighted by Crippen LogP contribution is 2.49. The van der Waals surface area contributed by atoms with Crippen LogP contribution < -0.4 is 9.47 Å². The number of rotatable bonds is 3. The van der Waals surface area contributed by atoms with E-state index in [-0.39, 0.29) is 17.1 Å². The Morgan fingerprint density at radius 3 is 2.08 bits per heavy atom. The number of aliphatic carboxylic acids is 1. The number of carbonyl (C=O) groups is 3. The van der Waals surface area contributed by atoms with Gasteiger partial charge in [0.1, 0.15) is 17.6 Å². The molecule has 0 saturated heterocycles. The standard InChI is InChI=1S/C18H22O8/c1-7-8(2)14-12(9(3)13(7)24-10(4)19)15(25-11(5)20)16(21)18(6,26-14)17(22)23/h15-16,21H,1-6H3,(H,22,23)/t15-,16-,18-/m1/s1. The van der Waals surface area contributed by atoms with Crippen molar-refractivity contribution in [3.8, 4) is 11.5 Å².